The number of halogens is 1. The van der Waals surface area contributed by atoms with E-state index in [1.807, 2.05) is 0 Å². The molecular formula is C6H12ClN. The minimum Gasteiger partial charge on any atom is -0.378 e. The zero-order valence-corrected chi connectivity index (χ0v) is 5.95. The molecule has 0 aliphatic carbocycles. The molecule has 0 saturated carbocycles. The van der Waals surface area contributed by atoms with Crippen LogP contribution in [0.5, 0.6) is 0 Å². The number of nitrogens with zero attached hydrogens (tertiary/aromatic N) is 1. The molecule has 1 aliphatic rings. The van der Waals surface area contributed by atoms with Crippen molar-refractivity contribution in [2.75, 3.05) is 13.1 Å². The van der Waals surface area contributed by atoms with Gasteiger partial charge in [0.05, 0.1) is 0 Å². The van der Waals surface area contributed by atoms with Gasteiger partial charge in [-0.3, -0.25) is 0 Å². The molecule has 8 heavy (non-hydrogen) atoms. The van der Waals surface area contributed by atoms with E-state index in [0.717, 1.165) is 6.54 Å². The Morgan fingerprint density at radius 1 is 1.62 bits per heavy atom. The van der Waals surface area contributed by atoms with Gasteiger partial charge in [-0.05, 0) is 19.5 Å². The first-order chi connectivity index (χ1) is 3.43. The molecule has 1 heterocycles. The Kier molecular flexibility index (Phi) is 3.71. The number of rotatable bonds is 1. The average molecular weight is 134 g/mol. The van der Waals surface area contributed by atoms with Crippen LogP contribution in [0.1, 0.15) is 13.3 Å². The molecule has 0 aromatic rings. The Morgan fingerprint density at radius 2 is 2.38 bits per heavy atom. The van der Waals surface area contributed by atoms with E-state index in [9.17, 15) is 0 Å². The third kappa shape index (κ3) is 1.74. The topological polar surface area (TPSA) is 3.24 Å². The van der Waals surface area contributed by atoms with Gasteiger partial charge in [0.15, 0.2) is 0 Å². The molecule has 0 amide bonds. The molecule has 0 radical (unpaired) electrons. The maximum Gasteiger partial charge on any atom is 0.0207 e. The zero-order chi connectivity index (χ0) is 5.11. The molecule has 0 spiro atoms. The molecular weight excluding hydrogens is 122 g/mol. The molecule has 1 rings (SSSR count). The van der Waals surface area contributed by atoms with E-state index in [-0.39, 0.29) is 12.4 Å². The highest BCUT2D eigenvalue weighted by molar-refractivity contribution is 5.85. The second-order valence-corrected chi connectivity index (χ2v) is 1.80. The molecule has 0 bridgehead atoms. The van der Waals surface area contributed by atoms with Crippen molar-refractivity contribution < 1.29 is 0 Å². The first kappa shape index (κ1) is 7.83. The van der Waals surface area contributed by atoms with Crippen LogP contribution >= 0.6 is 12.4 Å². The fourth-order valence-corrected chi connectivity index (χ4v) is 0.802. The number of hydrogen-bond donors (Lipinski definition) is 0. The Balaban J connectivity index is 0.000000490. The van der Waals surface area contributed by atoms with E-state index < -0.39 is 0 Å². The van der Waals surface area contributed by atoms with Gasteiger partial charge in [-0.15, -0.1) is 12.4 Å². The molecule has 1 nitrogen and oxygen atoms in total. The summed E-state index contributed by atoms with van der Waals surface area (Å²) < 4.78 is 0. The van der Waals surface area contributed by atoms with Gasteiger partial charge in [-0.1, -0.05) is 6.08 Å². The van der Waals surface area contributed by atoms with Crippen LogP contribution in [0.25, 0.3) is 0 Å². The van der Waals surface area contributed by atoms with Crippen LogP contribution in [0.4, 0.5) is 0 Å². The molecule has 0 fully saturated rings. The van der Waals surface area contributed by atoms with Gasteiger partial charge in [0.25, 0.3) is 0 Å². The average Bonchev–Trinajstić information content (AvgIpc) is 2.14. The molecule has 48 valence electrons. The van der Waals surface area contributed by atoms with Crippen LogP contribution < -0.4 is 0 Å². The standard InChI is InChI=1S/C6H11N.ClH/c1-2-7-5-3-4-6-7;/h3,5H,2,4,6H2,1H3;1H. The summed E-state index contributed by atoms with van der Waals surface area (Å²) in [7, 11) is 0. The molecule has 0 N–H and O–H groups in total. The lowest BCUT2D eigenvalue weighted by Crippen LogP contribution is -2.12. The SMILES string of the molecule is CCN1C=CCC1.Cl. The first-order valence-electron chi connectivity index (χ1n) is 2.84. The van der Waals surface area contributed by atoms with Crippen LogP contribution in [-0.4, -0.2) is 18.0 Å². The summed E-state index contributed by atoms with van der Waals surface area (Å²) in [6.07, 6.45) is 5.62. The Bertz CT molecular complexity index is 80.6. The summed E-state index contributed by atoms with van der Waals surface area (Å²) in [5.74, 6) is 0. The first-order valence-corrected chi connectivity index (χ1v) is 2.84. The maximum absolute atomic E-state index is 2.31. The predicted molar refractivity (Wildman–Crippen MR) is 38.3 cm³/mol. The van der Waals surface area contributed by atoms with E-state index in [4.69, 9.17) is 0 Å². The van der Waals surface area contributed by atoms with E-state index in [0.29, 0.717) is 0 Å². The van der Waals surface area contributed by atoms with Crippen LogP contribution in [0.3, 0.4) is 0 Å². The van der Waals surface area contributed by atoms with Crippen molar-refractivity contribution in [3.63, 3.8) is 0 Å². The van der Waals surface area contributed by atoms with Crippen molar-refractivity contribution in [3.8, 4) is 0 Å². The van der Waals surface area contributed by atoms with Gasteiger partial charge in [0.1, 0.15) is 0 Å². The molecule has 0 aromatic carbocycles. The van der Waals surface area contributed by atoms with Crippen molar-refractivity contribution in [3.05, 3.63) is 12.3 Å². The Labute approximate surface area is 56.8 Å². The molecule has 0 atom stereocenters. The summed E-state index contributed by atoms with van der Waals surface area (Å²) in [4.78, 5) is 2.31. The van der Waals surface area contributed by atoms with E-state index in [1.54, 1.807) is 0 Å². The summed E-state index contributed by atoms with van der Waals surface area (Å²) in [6.45, 7) is 4.57. The third-order valence-electron chi connectivity index (χ3n) is 1.31. The smallest absolute Gasteiger partial charge is 0.0207 e. The highest BCUT2D eigenvalue weighted by Gasteiger charge is 1.97. The largest absolute Gasteiger partial charge is 0.378 e. The minimum atomic E-state index is 0. The van der Waals surface area contributed by atoms with Crippen molar-refractivity contribution in [2.45, 2.75) is 13.3 Å². The highest BCUT2D eigenvalue weighted by Crippen LogP contribution is 2.00. The minimum absolute atomic E-state index is 0. The molecule has 1 aliphatic heterocycles. The van der Waals surface area contributed by atoms with Gasteiger partial charge >= 0.3 is 0 Å². The lowest BCUT2D eigenvalue weighted by atomic mass is 10.5. The van der Waals surface area contributed by atoms with Crippen LogP contribution in [0, 0.1) is 0 Å². The van der Waals surface area contributed by atoms with Crippen LogP contribution in [-0.2, 0) is 0 Å². The Hall–Kier alpha value is -0.170. The third-order valence-corrected chi connectivity index (χ3v) is 1.31. The van der Waals surface area contributed by atoms with E-state index in [1.165, 1.54) is 13.0 Å². The van der Waals surface area contributed by atoms with E-state index >= 15 is 0 Å². The fourth-order valence-electron chi connectivity index (χ4n) is 0.802. The van der Waals surface area contributed by atoms with Gasteiger partial charge in [0.2, 0.25) is 0 Å². The molecule has 0 saturated heterocycles. The van der Waals surface area contributed by atoms with Crippen molar-refractivity contribution in [1.82, 2.24) is 4.90 Å². The van der Waals surface area contributed by atoms with Gasteiger partial charge < -0.3 is 4.90 Å². The quantitative estimate of drug-likeness (QED) is 0.526. The summed E-state index contributed by atoms with van der Waals surface area (Å²) in [5, 5.41) is 0. The normalized spacial score (nSPS) is 16.4. The summed E-state index contributed by atoms with van der Waals surface area (Å²) in [6, 6.07) is 0. The van der Waals surface area contributed by atoms with Crippen LogP contribution in [0.15, 0.2) is 12.3 Å². The lowest BCUT2D eigenvalue weighted by molar-refractivity contribution is 0.430. The van der Waals surface area contributed by atoms with Crippen molar-refractivity contribution >= 4 is 12.4 Å². The monoisotopic (exact) mass is 133 g/mol. The Morgan fingerprint density at radius 3 is 2.62 bits per heavy atom. The lowest BCUT2D eigenvalue weighted by Gasteiger charge is -2.09. The van der Waals surface area contributed by atoms with Crippen LogP contribution in [0.2, 0.25) is 0 Å². The van der Waals surface area contributed by atoms with Gasteiger partial charge in [-0.2, -0.15) is 0 Å². The second-order valence-electron chi connectivity index (χ2n) is 1.80. The molecule has 0 unspecified atom stereocenters. The summed E-state index contributed by atoms with van der Waals surface area (Å²) in [5.41, 5.74) is 0. The maximum atomic E-state index is 2.31. The fraction of sp³-hybridized carbons (Fsp3) is 0.667. The van der Waals surface area contributed by atoms with Crippen molar-refractivity contribution in [2.24, 2.45) is 0 Å². The van der Waals surface area contributed by atoms with Crippen molar-refractivity contribution in [1.29, 1.82) is 0 Å². The zero-order valence-electron chi connectivity index (χ0n) is 5.13. The molecule has 0 aromatic heterocycles. The second kappa shape index (κ2) is 3.79. The summed E-state index contributed by atoms with van der Waals surface area (Å²) >= 11 is 0. The highest BCUT2D eigenvalue weighted by atomic mass is 35.5. The predicted octanol–water partition coefficient (Wildman–Crippen LogP) is 1.65. The molecule has 2 heteroatoms. The van der Waals surface area contributed by atoms with E-state index in [2.05, 4.69) is 24.1 Å². The van der Waals surface area contributed by atoms with Gasteiger partial charge in [0, 0.05) is 13.1 Å². The number of hydrogen-bond acceptors (Lipinski definition) is 1. The van der Waals surface area contributed by atoms with Gasteiger partial charge in [-0.25, -0.2) is 0 Å².